The first-order chi connectivity index (χ1) is 20.1. The molecule has 0 rings (SSSR count). The molecule has 3 atom stereocenters. The molecule has 0 aromatic rings. The largest absolute Gasteiger partial charge is 0.394 e. The molecule has 244 valence electrons. The van der Waals surface area contributed by atoms with Gasteiger partial charge in [-0.1, -0.05) is 180 Å². The first kappa shape index (κ1) is 40.1. The number of aliphatic hydroxyl groups excluding tert-OH is 3. The van der Waals surface area contributed by atoms with Crippen molar-refractivity contribution < 1.29 is 20.1 Å². The van der Waals surface area contributed by atoms with Gasteiger partial charge in [0.15, 0.2) is 6.10 Å². The number of carbonyl (C=O) groups is 1. The van der Waals surface area contributed by atoms with E-state index in [0.717, 1.165) is 25.7 Å². The SMILES string of the molecule is CCCCCCCCCCCCCC/C=C/[C@H](O)C(=O)N[C@@H](CO)[C@H](O)CCCCCCCCCCCCCCC. The minimum absolute atomic E-state index is 0.333. The van der Waals surface area contributed by atoms with Gasteiger partial charge < -0.3 is 20.6 Å². The zero-order valence-electron chi connectivity index (χ0n) is 27.4. The summed E-state index contributed by atoms with van der Waals surface area (Å²) in [6.07, 6.45) is 35.0. The number of carbonyl (C=O) groups excluding carboxylic acids is 1. The van der Waals surface area contributed by atoms with Crippen LogP contribution in [0.2, 0.25) is 0 Å². The summed E-state index contributed by atoms with van der Waals surface area (Å²) in [5.41, 5.74) is 0. The van der Waals surface area contributed by atoms with Gasteiger partial charge in [0.05, 0.1) is 18.8 Å². The zero-order chi connectivity index (χ0) is 30.2. The summed E-state index contributed by atoms with van der Waals surface area (Å²) in [7, 11) is 0. The summed E-state index contributed by atoms with van der Waals surface area (Å²) in [6.45, 7) is 4.19. The van der Waals surface area contributed by atoms with Crippen LogP contribution in [0.1, 0.15) is 187 Å². The highest BCUT2D eigenvalue weighted by Crippen LogP contribution is 2.15. The highest BCUT2D eigenvalue weighted by molar-refractivity contribution is 5.82. The predicted molar refractivity (Wildman–Crippen MR) is 176 cm³/mol. The highest BCUT2D eigenvalue weighted by atomic mass is 16.3. The summed E-state index contributed by atoms with van der Waals surface area (Å²) in [5.74, 6) is -0.556. The zero-order valence-corrected chi connectivity index (χ0v) is 27.4. The van der Waals surface area contributed by atoms with Crippen LogP contribution in [0.3, 0.4) is 0 Å². The van der Waals surface area contributed by atoms with E-state index in [9.17, 15) is 20.1 Å². The molecule has 0 aromatic heterocycles. The first-order valence-electron chi connectivity index (χ1n) is 18.0. The lowest BCUT2D eigenvalue weighted by atomic mass is 10.0. The number of amides is 1. The Morgan fingerprint density at radius 1 is 0.585 bits per heavy atom. The maximum absolute atomic E-state index is 12.3. The van der Waals surface area contributed by atoms with Crippen molar-refractivity contribution in [3.63, 3.8) is 0 Å². The Labute approximate surface area is 255 Å². The van der Waals surface area contributed by atoms with E-state index >= 15 is 0 Å². The normalized spacial score (nSPS) is 14.0. The smallest absolute Gasteiger partial charge is 0.253 e. The van der Waals surface area contributed by atoms with Crippen molar-refractivity contribution in [1.29, 1.82) is 0 Å². The van der Waals surface area contributed by atoms with Gasteiger partial charge in [-0.25, -0.2) is 0 Å². The summed E-state index contributed by atoms with van der Waals surface area (Å²) in [4.78, 5) is 12.3. The summed E-state index contributed by atoms with van der Waals surface area (Å²) in [6, 6.07) is -0.737. The van der Waals surface area contributed by atoms with Gasteiger partial charge in [0.1, 0.15) is 0 Å². The van der Waals surface area contributed by atoms with E-state index < -0.39 is 24.2 Å². The number of aliphatic hydroxyl groups is 3. The molecule has 0 spiro atoms. The van der Waals surface area contributed by atoms with E-state index in [4.69, 9.17) is 0 Å². The fraction of sp³-hybridized carbons (Fsp3) is 0.917. The molecule has 0 saturated heterocycles. The Morgan fingerprint density at radius 3 is 1.34 bits per heavy atom. The van der Waals surface area contributed by atoms with E-state index in [1.807, 2.05) is 6.08 Å². The van der Waals surface area contributed by atoms with Crippen molar-refractivity contribution in [2.24, 2.45) is 0 Å². The van der Waals surface area contributed by atoms with Gasteiger partial charge in [-0.3, -0.25) is 4.79 Å². The van der Waals surface area contributed by atoms with Crippen LogP contribution in [-0.2, 0) is 4.79 Å². The third-order valence-electron chi connectivity index (χ3n) is 8.40. The van der Waals surface area contributed by atoms with Gasteiger partial charge in [0.25, 0.3) is 5.91 Å². The molecule has 41 heavy (non-hydrogen) atoms. The number of rotatable bonds is 32. The lowest BCUT2D eigenvalue weighted by Crippen LogP contribution is -2.49. The van der Waals surface area contributed by atoms with Crippen LogP contribution in [0.5, 0.6) is 0 Å². The summed E-state index contributed by atoms with van der Waals surface area (Å²) in [5, 5.41) is 32.9. The first-order valence-corrected chi connectivity index (χ1v) is 18.0. The van der Waals surface area contributed by atoms with Crippen molar-refractivity contribution in [3.05, 3.63) is 12.2 Å². The number of nitrogens with one attached hydrogen (secondary N) is 1. The Kier molecular flexibility index (Phi) is 31.3. The lowest BCUT2D eigenvalue weighted by molar-refractivity contribution is -0.129. The summed E-state index contributed by atoms with van der Waals surface area (Å²) < 4.78 is 0. The highest BCUT2D eigenvalue weighted by Gasteiger charge is 2.22. The Morgan fingerprint density at radius 2 is 0.951 bits per heavy atom. The van der Waals surface area contributed by atoms with Crippen LogP contribution >= 0.6 is 0 Å². The monoisotopic (exact) mass is 582 g/mol. The molecule has 1 amide bonds. The molecule has 0 heterocycles. The lowest BCUT2D eigenvalue weighted by Gasteiger charge is -2.23. The Bertz CT molecular complexity index is 568. The van der Waals surface area contributed by atoms with Gasteiger partial charge in [0, 0.05) is 0 Å². The molecule has 5 nitrogen and oxygen atoms in total. The minimum atomic E-state index is -1.25. The van der Waals surface area contributed by atoms with Crippen LogP contribution in [0, 0.1) is 0 Å². The second-order valence-electron chi connectivity index (χ2n) is 12.4. The van der Waals surface area contributed by atoms with E-state index in [0.29, 0.717) is 6.42 Å². The maximum atomic E-state index is 12.3. The summed E-state index contributed by atoms with van der Waals surface area (Å²) >= 11 is 0. The third kappa shape index (κ3) is 27.7. The maximum Gasteiger partial charge on any atom is 0.253 e. The van der Waals surface area contributed by atoms with Gasteiger partial charge in [0.2, 0.25) is 0 Å². The molecular formula is C36H71NO4. The number of unbranched alkanes of at least 4 members (excludes halogenated alkanes) is 24. The van der Waals surface area contributed by atoms with Crippen molar-refractivity contribution in [2.75, 3.05) is 6.61 Å². The molecule has 0 fully saturated rings. The van der Waals surface area contributed by atoms with Crippen LogP contribution in [0.4, 0.5) is 0 Å². The quantitative estimate of drug-likeness (QED) is 0.0471. The van der Waals surface area contributed by atoms with Crippen LogP contribution in [-0.4, -0.2) is 46.1 Å². The molecule has 4 N–H and O–H groups in total. The van der Waals surface area contributed by atoms with Gasteiger partial charge >= 0.3 is 0 Å². The number of hydrogen-bond donors (Lipinski definition) is 4. The van der Waals surface area contributed by atoms with Crippen LogP contribution in [0.15, 0.2) is 12.2 Å². The average Bonchev–Trinajstić information content (AvgIpc) is 2.98. The second kappa shape index (κ2) is 32.0. The van der Waals surface area contributed by atoms with E-state index in [-0.39, 0.29) is 6.61 Å². The molecule has 0 saturated carbocycles. The Balaban J connectivity index is 3.74. The molecule has 0 aromatic carbocycles. The molecular weight excluding hydrogens is 510 g/mol. The average molecular weight is 582 g/mol. The van der Waals surface area contributed by atoms with E-state index in [1.165, 1.54) is 147 Å². The van der Waals surface area contributed by atoms with Crippen molar-refractivity contribution in [3.8, 4) is 0 Å². The minimum Gasteiger partial charge on any atom is -0.394 e. The van der Waals surface area contributed by atoms with Crippen molar-refractivity contribution >= 4 is 5.91 Å². The van der Waals surface area contributed by atoms with Crippen molar-refractivity contribution in [2.45, 2.75) is 205 Å². The van der Waals surface area contributed by atoms with Crippen LogP contribution in [0.25, 0.3) is 0 Å². The van der Waals surface area contributed by atoms with Crippen molar-refractivity contribution in [1.82, 2.24) is 5.32 Å². The fourth-order valence-electron chi connectivity index (χ4n) is 5.52. The van der Waals surface area contributed by atoms with E-state index in [1.54, 1.807) is 0 Å². The Hall–Kier alpha value is -0.910. The third-order valence-corrected chi connectivity index (χ3v) is 8.40. The molecule has 0 aliphatic heterocycles. The molecule has 0 bridgehead atoms. The van der Waals surface area contributed by atoms with Gasteiger partial charge in [-0.05, 0) is 19.3 Å². The number of allylic oxidation sites excluding steroid dienone is 1. The second-order valence-corrected chi connectivity index (χ2v) is 12.4. The molecule has 0 radical (unpaired) electrons. The van der Waals surface area contributed by atoms with Gasteiger partial charge in [-0.2, -0.15) is 0 Å². The van der Waals surface area contributed by atoms with Crippen LogP contribution < -0.4 is 5.32 Å². The molecule has 0 unspecified atom stereocenters. The standard InChI is InChI=1S/C36H71NO4/c1-3-5-7-9-11-13-15-17-19-21-23-25-27-29-31-35(40)36(41)37-33(32-38)34(39)30-28-26-24-22-20-18-16-14-12-10-8-6-4-2/h29,31,33-35,38-40H,3-28,30,32H2,1-2H3,(H,37,41)/b31-29+/t33-,34+,35-/m0/s1. The van der Waals surface area contributed by atoms with E-state index in [2.05, 4.69) is 19.2 Å². The topological polar surface area (TPSA) is 89.8 Å². The molecule has 5 heteroatoms. The number of hydrogen-bond acceptors (Lipinski definition) is 4. The molecule has 0 aliphatic rings. The fourth-order valence-corrected chi connectivity index (χ4v) is 5.52. The molecule has 0 aliphatic carbocycles. The predicted octanol–water partition coefficient (Wildman–Crippen LogP) is 9.31. The van der Waals surface area contributed by atoms with Gasteiger partial charge in [-0.15, -0.1) is 0 Å².